The molecule has 1 spiro atoms. The van der Waals surface area contributed by atoms with E-state index in [1.54, 1.807) is 0 Å². The summed E-state index contributed by atoms with van der Waals surface area (Å²) < 4.78 is 6.23. The third-order valence-corrected chi connectivity index (χ3v) is 4.52. The van der Waals surface area contributed by atoms with Gasteiger partial charge in [-0.05, 0) is 58.1 Å². The zero-order valence-electron chi connectivity index (χ0n) is 11.7. The molecule has 98 valence electrons. The van der Waals surface area contributed by atoms with Crippen LogP contribution >= 0.6 is 0 Å². The predicted octanol–water partition coefficient (Wildman–Crippen LogP) is 3.73. The van der Waals surface area contributed by atoms with E-state index >= 15 is 0 Å². The van der Waals surface area contributed by atoms with Crippen LogP contribution in [0.3, 0.4) is 0 Å². The van der Waals surface area contributed by atoms with Gasteiger partial charge < -0.3 is 9.64 Å². The van der Waals surface area contributed by atoms with Gasteiger partial charge >= 0.3 is 0 Å². The number of likely N-dealkylation sites (tertiary alicyclic amines) is 1. The molecule has 0 aliphatic carbocycles. The van der Waals surface area contributed by atoms with Gasteiger partial charge in [0.25, 0.3) is 0 Å². The molecule has 17 heavy (non-hydrogen) atoms. The second-order valence-corrected chi connectivity index (χ2v) is 5.82. The molecule has 0 radical (unpaired) electrons. The predicted molar refractivity (Wildman–Crippen MR) is 72.0 cm³/mol. The molecule has 0 aromatic heterocycles. The van der Waals surface area contributed by atoms with Crippen LogP contribution in [0.4, 0.5) is 0 Å². The van der Waals surface area contributed by atoms with Crippen LogP contribution < -0.4 is 0 Å². The molecule has 0 unspecified atom stereocenters. The third-order valence-electron chi connectivity index (χ3n) is 4.52. The Morgan fingerprint density at radius 1 is 1.18 bits per heavy atom. The first kappa shape index (κ1) is 12.9. The first-order chi connectivity index (χ1) is 8.15. The summed E-state index contributed by atoms with van der Waals surface area (Å²) in [6.45, 7) is 10.4. The Kier molecular flexibility index (Phi) is 4.13. The van der Waals surface area contributed by atoms with Gasteiger partial charge in [-0.3, -0.25) is 0 Å². The van der Waals surface area contributed by atoms with Gasteiger partial charge in [0.05, 0.1) is 5.76 Å². The van der Waals surface area contributed by atoms with Gasteiger partial charge in [0.15, 0.2) is 0 Å². The van der Waals surface area contributed by atoms with Gasteiger partial charge in [0.2, 0.25) is 0 Å². The van der Waals surface area contributed by atoms with Crippen LogP contribution in [0.1, 0.15) is 59.3 Å². The molecule has 2 rings (SSSR count). The SMILES string of the molecule is CCCCN1CCC2(CCC(C)=C(C)O2)CC1. The van der Waals surface area contributed by atoms with Gasteiger partial charge in [-0.15, -0.1) is 0 Å². The maximum Gasteiger partial charge on any atom is 0.111 e. The fourth-order valence-electron chi connectivity index (χ4n) is 2.97. The van der Waals surface area contributed by atoms with Crippen LogP contribution in [0, 0.1) is 0 Å². The van der Waals surface area contributed by atoms with E-state index in [9.17, 15) is 0 Å². The quantitative estimate of drug-likeness (QED) is 0.741. The summed E-state index contributed by atoms with van der Waals surface area (Å²) in [6, 6.07) is 0. The lowest BCUT2D eigenvalue weighted by molar-refractivity contribution is -0.0631. The number of nitrogens with zero attached hydrogens (tertiary/aromatic N) is 1. The molecular formula is C15H27NO. The van der Waals surface area contributed by atoms with Crippen LogP contribution in [0.25, 0.3) is 0 Å². The summed E-state index contributed by atoms with van der Waals surface area (Å²) >= 11 is 0. The molecule has 2 aliphatic rings. The summed E-state index contributed by atoms with van der Waals surface area (Å²) in [5.41, 5.74) is 1.63. The summed E-state index contributed by atoms with van der Waals surface area (Å²) in [5, 5.41) is 0. The van der Waals surface area contributed by atoms with E-state index in [2.05, 4.69) is 25.7 Å². The Hall–Kier alpha value is -0.500. The molecule has 0 atom stereocenters. The minimum Gasteiger partial charge on any atom is -0.492 e. The maximum absolute atomic E-state index is 6.23. The Bertz CT molecular complexity index is 287. The largest absolute Gasteiger partial charge is 0.492 e. The summed E-state index contributed by atoms with van der Waals surface area (Å²) in [7, 11) is 0. The molecule has 0 aromatic rings. The van der Waals surface area contributed by atoms with E-state index in [1.807, 2.05) is 0 Å². The minimum absolute atomic E-state index is 0.187. The molecule has 2 heteroatoms. The van der Waals surface area contributed by atoms with E-state index in [4.69, 9.17) is 4.74 Å². The van der Waals surface area contributed by atoms with E-state index in [0.29, 0.717) is 0 Å². The topological polar surface area (TPSA) is 12.5 Å². The van der Waals surface area contributed by atoms with Gasteiger partial charge in [0, 0.05) is 13.1 Å². The Morgan fingerprint density at radius 2 is 1.88 bits per heavy atom. The van der Waals surface area contributed by atoms with Crippen molar-refractivity contribution >= 4 is 0 Å². The van der Waals surface area contributed by atoms with E-state index in [1.165, 1.54) is 69.5 Å². The van der Waals surface area contributed by atoms with Gasteiger partial charge in [-0.2, -0.15) is 0 Å². The molecule has 0 bridgehead atoms. The second kappa shape index (κ2) is 5.43. The lowest BCUT2D eigenvalue weighted by atomic mass is 9.83. The Morgan fingerprint density at radius 3 is 2.47 bits per heavy atom. The smallest absolute Gasteiger partial charge is 0.111 e. The number of rotatable bonds is 3. The van der Waals surface area contributed by atoms with E-state index < -0.39 is 0 Å². The van der Waals surface area contributed by atoms with Gasteiger partial charge in [0.1, 0.15) is 5.60 Å². The van der Waals surface area contributed by atoms with E-state index in [-0.39, 0.29) is 5.60 Å². The number of allylic oxidation sites excluding steroid dienone is 2. The standard InChI is InChI=1S/C15H27NO/c1-4-5-10-16-11-8-15(9-12-16)7-6-13(2)14(3)17-15/h4-12H2,1-3H3. The zero-order valence-corrected chi connectivity index (χ0v) is 11.7. The summed E-state index contributed by atoms with van der Waals surface area (Å²) in [5.74, 6) is 1.19. The normalized spacial score (nSPS) is 25.1. The number of unbranched alkanes of at least 4 members (excludes halogenated alkanes) is 1. The van der Waals surface area contributed by atoms with Crippen molar-refractivity contribution in [3.63, 3.8) is 0 Å². The molecule has 0 N–H and O–H groups in total. The summed E-state index contributed by atoms with van der Waals surface area (Å²) in [4.78, 5) is 2.61. The highest BCUT2D eigenvalue weighted by atomic mass is 16.5. The molecule has 0 saturated carbocycles. The van der Waals surface area contributed by atoms with Gasteiger partial charge in [-0.25, -0.2) is 0 Å². The minimum atomic E-state index is 0.187. The molecule has 1 saturated heterocycles. The molecule has 1 fully saturated rings. The van der Waals surface area contributed by atoms with Crippen LogP contribution in [0.15, 0.2) is 11.3 Å². The monoisotopic (exact) mass is 237 g/mol. The molecule has 0 amide bonds. The highest BCUT2D eigenvalue weighted by molar-refractivity contribution is 5.10. The lowest BCUT2D eigenvalue weighted by Crippen LogP contribution is -2.47. The van der Waals surface area contributed by atoms with Crippen molar-refractivity contribution in [3.05, 3.63) is 11.3 Å². The Balaban J connectivity index is 1.86. The molecule has 2 nitrogen and oxygen atoms in total. The fraction of sp³-hybridized carbons (Fsp3) is 0.867. The average molecular weight is 237 g/mol. The lowest BCUT2D eigenvalue weighted by Gasteiger charge is -2.44. The maximum atomic E-state index is 6.23. The number of hydrogen-bond donors (Lipinski definition) is 0. The van der Waals surface area contributed by atoms with Crippen molar-refractivity contribution in [2.45, 2.75) is 64.9 Å². The number of hydrogen-bond acceptors (Lipinski definition) is 2. The van der Waals surface area contributed by atoms with E-state index in [0.717, 1.165) is 0 Å². The third kappa shape index (κ3) is 3.04. The van der Waals surface area contributed by atoms with Crippen molar-refractivity contribution in [3.8, 4) is 0 Å². The molecule has 0 aromatic carbocycles. The van der Waals surface area contributed by atoms with Crippen molar-refractivity contribution in [2.24, 2.45) is 0 Å². The second-order valence-electron chi connectivity index (χ2n) is 5.82. The fourth-order valence-corrected chi connectivity index (χ4v) is 2.97. The molecule has 2 aliphatic heterocycles. The summed E-state index contributed by atoms with van der Waals surface area (Å²) in [6.07, 6.45) is 7.56. The first-order valence-electron chi connectivity index (χ1n) is 7.23. The Labute approximate surface area is 106 Å². The van der Waals surface area contributed by atoms with Crippen LogP contribution in [0.2, 0.25) is 0 Å². The highest BCUT2D eigenvalue weighted by Crippen LogP contribution is 2.38. The molecular weight excluding hydrogens is 210 g/mol. The first-order valence-corrected chi connectivity index (χ1v) is 7.23. The van der Waals surface area contributed by atoms with Crippen molar-refractivity contribution < 1.29 is 4.74 Å². The van der Waals surface area contributed by atoms with Crippen LogP contribution in [-0.4, -0.2) is 30.1 Å². The van der Waals surface area contributed by atoms with Gasteiger partial charge in [-0.1, -0.05) is 13.3 Å². The van der Waals surface area contributed by atoms with Crippen LogP contribution in [0.5, 0.6) is 0 Å². The van der Waals surface area contributed by atoms with Crippen molar-refractivity contribution in [1.82, 2.24) is 4.90 Å². The highest BCUT2D eigenvalue weighted by Gasteiger charge is 2.38. The van der Waals surface area contributed by atoms with Crippen molar-refractivity contribution in [1.29, 1.82) is 0 Å². The average Bonchev–Trinajstić information content (AvgIpc) is 2.34. The van der Waals surface area contributed by atoms with Crippen LogP contribution in [-0.2, 0) is 4.74 Å². The zero-order chi connectivity index (χ0) is 12.3. The number of ether oxygens (including phenoxy) is 1. The molecule has 2 heterocycles. The van der Waals surface area contributed by atoms with Crippen molar-refractivity contribution in [2.75, 3.05) is 19.6 Å². The number of piperidine rings is 1.